The smallest absolute Gasteiger partial charge is 0.334 e. The van der Waals surface area contributed by atoms with E-state index in [0.717, 1.165) is 40.0 Å². The summed E-state index contributed by atoms with van der Waals surface area (Å²) in [5.41, 5.74) is 4.72. The van der Waals surface area contributed by atoms with Gasteiger partial charge in [0.1, 0.15) is 17.6 Å². The number of unbranched alkanes of at least 4 members (excludes halogenated alkanes) is 4. The number of aliphatic carboxylic acids is 1. The van der Waals surface area contributed by atoms with Crippen LogP contribution in [0.15, 0.2) is 108 Å². The normalized spacial score (nSPS) is 12.5. The van der Waals surface area contributed by atoms with Crippen LogP contribution in [0.5, 0.6) is 5.75 Å². The van der Waals surface area contributed by atoms with Crippen LogP contribution in [0.1, 0.15) is 93.1 Å². The minimum absolute atomic E-state index is 0.0681. The second kappa shape index (κ2) is 18.1. The Kier molecular flexibility index (Phi) is 13.2. The summed E-state index contributed by atoms with van der Waals surface area (Å²) in [6, 6.07) is 23.0. The van der Waals surface area contributed by atoms with Gasteiger partial charge in [0, 0.05) is 35.5 Å². The van der Waals surface area contributed by atoms with E-state index in [1.165, 1.54) is 38.0 Å². The van der Waals surface area contributed by atoms with E-state index in [4.69, 9.17) is 9.15 Å². The number of nitrogens with zero attached hydrogens (tertiary/aromatic N) is 2. The highest BCUT2D eigenvalue weighted by molar-refractivity contribution is 5.98. The zero-order valence-corrected chi connectivity index (χ0v) is 30.8. The summed E-state index contributed by atoms with van der Waals surface area (Å²) in [4.78, 5) is 48.2. The Labute approximate surface area is 311 Å². The third-order valence-electron chi connectivity index (χ3n) is 9.00. The molecule has 10 nitrogen and oxygen atoms in total. The van der Waals surface area contributed by atoms with Gasteiger partial charge in [0.2, 0.25) is 5.91 Å². The van der Waals surface area contributed by atoms with E-state index >= 15 is 0 Å². The molecule has 5 aromatic rings. The average molecular weight is 717 g/mol. The molecule has 2 atom stereocenters. The van der Waals surface area contributed by atoms with Gasteiger partial charge in [-0.2, -0.15) is 0 Å². The molecule has 2 unspecified atom stereocenters. The van der Waals surface area contributed by atoms with Gasteiger partial charge in [-0.05, 0) is 64.9 Å². The number of aromatic nitrogens is 2. The zero-order chi connectivity index (χ0) is 37.8. The number of nitrogens with one attached hydrogen (secondary N) is 2. The zero-order valence-electron chi connectivity index (χ0n) is 30.8. The highest BCUT2D eigenvalue weighted by Gasteiger charge is 2.30. The van der Waals surface area contributed by atoms with E-state index in [2.05, 4.69) is 48.3 Å². The topological polar surface area (TPSA) is 144 Å². The van der Waals surface area contributed by atoms with Crippen molar-refractivity contribution in [2.24, 2.45) is 0 Å². The molecule has 3 aromatic carbocycles. The van der Waals surface area contributed by atoms with Crippen LogP contribution in [-0.4, -0.2) is 45.5 Å². The minimum atomic E-state index is -1.43. The SMILES string of the molecule is CCCCCCCOc1ccc(-c2cnc(-c3ccc(CC(NC(=O)c4ccc(C(C)(C)C)cc4)C(=O)NC(C(=O)O)c4ccco4)cc3)nc2)cc1. The third-order valence-corrected chi connectivity index (χ3v) is 9.00. The van der Waals surface area contributed by atoms with Crippen LogP contribution in [0.25, 0.3) is 22.5 Å². The molecule has 5 rings (SSSR count). The summed E-state index contributed by atoms with van der Waals surface area (Å²) < 4.78 is 11.2. The van der Waals surface area contributed by atoms with Gasteiger partial charge < -0.3 is 24.9 Å². The van der Waals surface area contributed by atoms with Gasteiger partial charge >= 0.3 is 5.97 Å². The maximum Gasteiger partial charge on any atom is 0.334 e. The Bertz CT molecular complexity index is 1920. The maximum atomic E-state index is 13.6. The quantitative estimate of drug-likeness (QED) is 0.0815. The molecule has 0 spiro atoms. The molecule has 0 saturated carbocycles. The molecule has 0 radical (unpaired) electrons. The predicted octanol–water partition coefficient (Wildman–Crippen LogP) is 8.33. The summed E-state index contributed by atoms with van der Waals surface area (Å²) in [7, 11) is 0. The number of furan rings is 1. The summed E-state index contributed by atoms with van der Waals surface area (Å²) in [5.74, 6) is -0.971. The summed E-state index contributed by atoms with van der Waals surface area (Å²) >= 11 is 0. The van der Waals surface area contributed by atoms with Crippen molar-refractivity contribution < 1.29 is 28.6 Å². The van der Waals surface area contributed by atoms with Crippen molar-refractivity contribution in [2.45, 2.75) is 83.7 Å². The van der Waals surface area contributed by atoms with Crippen LogP contribution in [0.4, 0.5) is 0 Å². The number of ether oxygens (including phenoxy) is 1. The minimum Gasteiger partial charge on any atom is -0.494 e. The number of rotatable bonds is 17. The fraction of sp³-hybridized carbons (Fsp3) is 0.326. The molecule has 0 fully saturated rings. The number of carboxylic acids is 1. The molecule has 0 aliphatic rings. The van der Waals surface area contributed by atoms with Crippen molar-refractivity contribution in [1.29, 1.82) is 0 Å². The van der Waals surface area contributed by atoms with Crippen molar-refractivity contribution in [3.05, 3.63) is 126 Å². The predicted molar refractivity (Wildman–Crippen MR) is 204 cm³/mol. The van der Waals surface area contributed by atoms with Crippen molar-refractivity contribution in [2.75, 3.05) is 6.61 Å². The first kappa shape index (κ1) is 38.5. The fourth-order valence-electron chi connectivity index (χ4n) is 5.82. The molecule has 0 aliphatic heterocycles. The summed E-state index contributed by atoms with van der Waals surface area (Å²) in [6.07, 6.45) is 11.0. The molecular formula is C43H48N4O6. The molecular weight excluding hydrogens is 668 g/mol. The van der Waals surface area contributed by atoms with E-state index in [0.29, 0.717) is 18.0 Å². The van der Waals surface area contributed by atoms with Gasteiger partial charge in [-0.1, -0.05) is 102 Å². The van der Waals surface area contributed by atoms with Gasteiger partial charge in [-0.25, -0.2) is 14.8 Å². The van der Waals surface area contributed by atoms with E-state index in [9.17, 15) is 19.5 Å². The lowest BCUT2D eigenvalue weighted by molar-refractivity contribution is -0.142. The monoisotopic (exact) mass is 716 g/mol. The van der Waals surface area contributed by atoms with Crippen molar-refractivity contribution in [3.63, 3.8) is 0 Å². The van der Waals surface area contributed by atoms with E-state index in [1.54, 1.807) is 30.6 Å². The Balaban J connectivity index is 1.26. The second-order valence-electron chi connectivity index (χ2n) is 14.1. The molecule has 10 heteroatoms. The Hall–Kier alpha value is -5.77. The molecule has 0 saturated heterocycles. The number of amides is 2. The van der Waals surface area contributed by atoms with Crippen LogP contribution in [0.2, 0.25) is 0 Å². The largest absolute Gasteiger partial charge is 0.494 e. The first-order chi connectivity index (χ1) is 25.5. The Morgan fingerprint density at radius 1 is 0.792 bits per heavy atom. The fourth-order valence-corrected chi connectivity index (χ4v) is 5.82. The van der Waals surface area contributed by atoms with Crippen molar-refractivity contribution in [3.8, 4) is 28.3 Å². The van der Waals surface area contributed by atoms with Gasteiger partial charge in [-0.15, -0.1) is 0 Å². The van der Waals surface area contributed by atoms with Crippen LogP contribution < -0.4 is 15.4 Å². The molecule has 0 aliphatic carbocycles. The van der Waals surface area contributed by atoms with Gasteiger partial charge in [0.05, 0.1) is 12.9 Å². The number of benzene rings is 3. The number of hydrogen-bond donors (Lipinski definition) is 3. The number of carbonyl (C=O) groups excluding carboxylic acids is 2. The lowest BCUT2D eigenvalue weighted by atomic mass is 9.86. The highest BCUT2D eigenvalue weighted by Crippen LogP contribution is 2.25. The van der Waals surface area contributed by atoms with E-state index in [-0.39, 0.29) is 17.6 Å². The number of hydrogen-bond acceptors (Lipinski definition) is 7. The Morgan fingerprint density at radius 3 is 2.06 bits per heavy atom. The maximum absolute atomic E-state index is 13.6. The standard InChI is InChI=1S/C43H48N4O6/c1-5-6-7-8-9-24-52-35-22-18-30(19-23-35)33-27-44-39(45-28-33)31-14-12-29(13-15-31)26-36(41(49)47-38(42(50)51)37-11-10-25-53-37)46-40(48)32-16-20-34(21-17-32)43(2,3)4/h10-23,25,27-28,36,38H,5-9,24,26H2,1-4H3,(H,46,48)(H,47,49)(H,50,51). The first-order valence-corrected chi connectivity index (χ1v) is 18.1. The highest BCUT2D eigenvalue weighted by atomic mass is 16.5. The molecule has 3 N–H and O–H groups in total. The molecule has 53 heavy (non-hydrogen) atoms. The van der Waals surface area contributed by atoms with Gasteiger partial charge in [0.25, 0.3) is 5.91 Å². The van der Waals surface area contributed by atoms with Crippen LogP contribution >= 0.6 is 0 Å². The van der Waals surface area contributed by atoms with Crippen molar-refractivity contribution >= 4 is 17.8 Å². The Morgan fingerprint density at radius 2 is 1.45 bits per heavy atom. The number of carbonyl (C=O) groups is 3. The molecule has 2 aromatic heterocycles. The van der Waals surface area contributed by atoms with Crippen LogP contribution in [0, 0.1) is 0 Å². The average Bonchev–Trinajstić information content (AvgIpc) is 3.70. The summed E-state index contributed by atoms with van der Waals surface area (Å²) in [5, 5.41) is 15.2. The number of carboxylic acid groups (broad SMARTS) is 1. The van der Waals surface area contributed by atoms with Crippen molar-refractivity contribution in [1.82, 2.24) is 20.6 Å². The van der Waals surface area contributed by atoms with E-state index < -0.39 is 29.9 Å². The van der Waals surface area contributed by atoms with Gasteiger partial charge in [-0.3, -0.25) is 9.59 Å². The lowest BCUT2D eigenvalue weighted by Crippen LogP contribution is -2.50. The summed E-state index contributed by atoms with van der Waals surface area (Å²) in [6.45, 7) is 9.17. The van der Waals surface area contributed by atoms with Gasteiger partial charge in [0.15, 0.2) is 11.9 Å². The van der Waals surface area contributed by atoms with Crippen LogP contribution in [0.3, 0.4) is 0 Å². The lowest BCUT2D eigenvalue weighted by Gasteiger charge is -2.22. The second-order valence-corrected chi connectivity index (χ2v) is 14.1. The van der Waals surface area contributed by atoms with Crippen LogP contribution in [-0.2, 0) is 21.4 Å². The molecule has 2 amide bonds. The van der Waals surface area contributed by atoms with E-state index in [1.807, 2.05) is 60.7 Å². The third kappa shape index (κ3) is 10.9. The molecule has 276 valence electrons. The molecule has 0 bridgehead atoms. The first-order valence-electron chi connectivity index (χ1n) is 18.1. The molecule has 2 heterocycles.